The van der Waals surface area contributed by atoms with E-state index >= 15 is 0 Å². The third-order valence-electron chi connectivity index (χ3n) is 3.44. The maximum Gasteiger partial charge on any atom is 0.326 e. The average Bonchev–Trinajstić information content (AvgIpc) is 2.59. The lowest BCUT2D eigenvalue weighted by Crippen LogP contribution is -2.42. The number of benzene rings is 2. The fourth-order valence-electron chi connectivity index (χ4n) is 2.20. The summed E-state index contributed by atoms with van der Waals surface area (Å²) in [4.78, 5) is 24.0. The molecule has 2 aromatic rings. The first-order valence-electron chi connectivity index (χ1n) is 7.56. The van der Waals surface area contributed by atoms with Gasteiger partial charge in [0.25, 0.3) is 0 Å². The van der Waals surface area contributed by atoms with Crippen LogP contribution in [0.2, 0.25) is 0 Å². The molecule has 0 fully saturated rings. The highest BCUT2D eigenvalue weighted by Gasteiger charge is 2.21. The summed E-state index contributed by atoms with van der Waals surface area (Å²) in [7, 11) is -1.29. The molecule has 2 aromatic carbocycles. The minimum atomic E-state index is -1.29. The Morgan fingerprint density at radius 1 is 1.00 bits per heavy atom. The van der Waals surface area contributed by atoms with Gasteiger partial charge in [-0.05, 0) is 24.1 Å². The second-order valence-corrected chi connectivity index (χ2v) is 6.84. The fraction of sp³-hybridized carbons (Fsp3) is 0.222. The van der Waals surface area contributed by atoms with Crippen LogP contribution in [0.1, 0.15) is 12.0 Å². The van der Waals surface area contributed by atoms with E-state index in [1.54, 1.807) is 36.4 Å². The molecule has 0 aliphatic carbocycles. The third kappa shape index (κ3) is 5.62. The molecule has 0 radical (unpaired) electrons. The quantitative estimate of drug-likeness (QED) is 0.766. The number of rotatable bonds is 8. The second-order valence-electron chi connectivity index (χ2n) is 5.27. The van der Waals surface area contributed by atoms with Crippen molar-refractivity contribution in [2.75, 3.05) is 5.75 Å². The lowest BCUT2D eigenvalue weighted by molar-refractivity contribution is -0.141. The molecular formula is C18H19NO4S. The minimum absolute atomic E-state index is 0.109. The zero-order valence-corrected chi connectivity index (χ0v) is 13.9. The van der Waals surface area contributed by atoms with Crippen LogP contribution in [-0.4, -0.2) is 33.0 Å². The first kappa shape index (κ1) is 17.9. The molecule has 24 heavy (non-hydrogen) atoms. The maximum atomic E-state index is 12.2. The van der Waals surface area contributed by atoms with Crippen molar-refractivity contribution < 1.29 is 18.9 Å². The van der Waals surface area contributed by atoms with Gasteiger partial charge in [0.1, 0.15) is 6.04 Å². The van der Waals surface area contributed by atoms with Gasteiger partial charge in [-0.15, -0.1) is 0 Å². The van der Waals surface area contributed by atoms with Crippen LogP contribution in [0.3, 0.4) is 0 Å². The van der Waals surface area contributed by atoms with E-state index in [4.69, 9.17) is 0 Å². The van der Waals surface area contributed by atoms with Gasteiger partial charge in [-0.2, -0.15) is 0 Å². The number of aliphatic carboxylic acids is 1. The van der Waals surface area contributed by atoms with Crippen LogP contribution in [0.4, 0.5) is 0 Å². The van der Waals surface area contributed by atoms with Crippen molar-refractivity contribution in [1.29, 1.82) is 0 Å². The molecule has 5 nitrogen and oxygen atoms in total. The maximum absolute atomic E-state index is 12.2. The summed E-state index contributed by atoms with van der Waals surface area (Å²) in [6.45, 7) is 0. The summed E-state index contributed by atoms with van der Waals surface area (Å²) in [6, 6.07) is 16.9. The molecule has 0 unspecified atom stereocenters. The molecule has 0 heterocycles. The van der Waals surface area contributed by atoms with E-state index in [0.717, 1.165) is 5.56 Å². The smallest absolute Gasteiger partial charge is 0.326 e. The summed E-state index contributed by atoms with van der Waals surface area (Å²) in [5.74, 6) is -1.31. The number of carboxylic acid groups (broad SMARTS) is 1. The van der Waals surface area contributed by atoms with Gasteiger partial charge < -0.3 is 10.4 Å². The largest absolute Gasteiger partial charge is 0.480 e. The number of amides is 1. The monoisotopic (exact) mass is 345 g/mol. The van der Waals surface area contributed by atoms with Crippen molar-refractivity contribution in [3.8, 4) is 0 Å². The Kier molecular flexibility index (Phi) is 6.69. The van der Waals surface area contributed by atoms with Crippen molar-refractivity contribution in [2.24, 2.45) is 0 Å². The average molecular weight is 345 g/mol. The zero-order chi connectivity index (χ0) is 17.4. The molecule has 2 rings (SSSR count). The Morgan fingerprint density at radius 2 is 1.58 bits per heavy atom. The summed E-state index contributed by atoms with van der Waals surface area (Å²) in [6.07, 6.45) is 0.226. The van der Waals surface area contributed by atoms with E-state index in [0.29, 0.717) is 4.90 Å². The summed E-state index contributed by atoms with van der Waals surface area (Å²) < 4.78 is 12.2. The highest BCUT2D eigenvalue weighted by atomic mass is 32.2. The van der Waals surface area contributed by atoms with E-state index in [1.165, 1.54) is 0 Å². The topological polar surface area (TPSA) is 83.5 Å². The van der Waals surface area contributed by atoms with Crippen LogP contribution in [0.15, 0.2) is 65.6 Å². The van der Waals surface area contributed by atoms with Gasteiger partial charge in [-0.25, -0.2) is 4.79 Å². The minimum Gasteiger partial charge on any atom is -0.480 e. The standard InChI is InChI=1S/C18H19NO4S/c20-17(13-14-7-3-1-4-8-14)19-16(18(21)22)11-12-24(23)15-9-5-2-6-10-15/h1-10,16H,11-13H2,(H,19,20)(H,21,22)/t16-,24-/m0/s1. The van der Waals surface area contributed by atoms with E-state index in [-0.39, 0.29) is 24.5 Å². The van der Waals surface area contributed by atoms with Crippen LogP contribution < -0.4 is 5.32 Å². The third-order valence-corrected chi connectivity index (χ3v) is 4.84. The van der Waals surface area contributed by atoms with Crippen LogP contribution in [0, 0.1) is 0 Å². The van der Waals surface area contributed by atoms with Gasteiger partial charge in [-0.1, -0.05) is 48.5 Å². The molecule has 0 saturated carbocycles. The van der Waals surface area contributed by atoms with E-state index in [1.807, 2.05) is 24.3 Å². The number of carboxylic acids is 1. The molecule has 0 aromatic heterocycles. The Bertz CT molecular complexity index is 703. The van der Waals surface area contributed by atoms with Gasteiger partial charge in [0.2, 0.25) is 5.91 Å². The summed E-state index contributed by atoms with van der Waals surface area (Å²) >= 11 is 0. The molecule has 126 valence electrons. The van der Waals surface area contributed by atoms with Gasteiger partial charge in [0.05, 0.1) is 17.2 Å². The molecule has 0 spiro atoms. The van der Waals surface area contributed by atoms with E-state index in [9.17, 15) is 18.9 Å². The van der Waals surface area contributed by atoms with Crippen molar-refractivity contribution >= 4 is 22.7 Å². The first-order valence-corrected chi connectivity index (χ1v) is 8.87. The van der Waals surface area contributed by atoms with E-state index < -0.39 is 22.8 Å². The lowest BCUT2D eigenvalue weighted by Gasteiger charge is -2.14. The van der Waals surface area contributed by atoms with Crippen molar-refractivity contribution in [3.05, 3.63) is 66.2 Å². The fourth-order valence-corrected chi connectivity index (χ4v) is 3.35. The highest BCUT2D eigenvalue weighted by Crippen LogP contribution is 2.08. The van der Waals surface area contributed by atoms with Gasteiger partial charge >= 0.3 is 5.97 Å². The van der Waals surface area contributed by atoms with Gasteiger partial charge in [0.15, 0.2) is 0 Å². The zero-order valence-electron chi connectivity index (χ0n) is 13.1. The number of carbonyl (C=O) groups is 2. The first-order chi connectivity index (χ1) is 11.6. The molecule has 0 saturated heterocycles. The normalized spacial score (nSPS) is 13.0. The number of hydrogen-bond donors (Lipinski definition) is 2. The number of nitrogens with one attached hydrogen (secondary N) is 1. The van der Waals surface area contributed by atoms with E-state index in [2.05, 4.69) is 5.32 Å². The molecule has 0 bridgehead atoms. The van der Waals surface area contributed by atoms with Crippen LogP contribution >= 0.6 is 0 Å². The SMILES string of the molecule is O=C(Cc1ccccc1)N[C@@H](CC[S@](=O)c1ccccc1)C(=O)O. The van der Waals surface area contributed by atoms with Crippen LogP contribution in [0.5, 0.6) is 0 Å². The summed E-state index contributed by atoms with van der Waals surface area (Å²) in [5, 5.41) is 11.8. The van der Waals surface area contributed by atoms with Gasteiger partial charge in [-0.3, -0.25) is 9.00 Å². The molecule has 6 heteroatoms. The molecule has 2 N–H and O–H groups in total. The van der Waals surface area contributed by atoms with Crippen LogP contribution in [-0.2, 0) is 26.8 Å². The number of carbonyl (C=O) groups excluding carboxylic acids is 1. The lowest BCUT2D eigenvalue weighted by atomic mass is 10.1. The van der Waals surface area contributed by atoms with Crippen LogP contribution in [0.25, 0.3) is 0 Å². The van der Waals surface area contributed by atoms with Crippen molar-refractivity contribution in [2.45, 2.75) is 23.8 Å². The summed E-state index contributed by atoms with van der Waals surface area (Å²) in [5.41, 5.74) is 0.812. The molecule has 0 aliphatic heterocycles. The highest BCUT2D eigenvalue weighted by molar-refractivity contribution is 7.85. The Hall–Kier alpha value is -2.47. The molecular weight excluding hydrogens is 326 g/mol. The Balaban J connectivity index is 1.89. The number of hydrogen-bond acceptors (Lipinski definition) is 3. The molecule has 1 amide bonds. The van der Waals surface area contributed by atoms with Gasteiger partial charge in [0, 0.05) is 10.6 Å². The Labute approximate surface area is 143 Å². The predicted octanol–water partition coefficient (Wildman–Crippen LogP) is 2.00. The molecule has 0 aliphatic rings. The predicted molar refractivity (Wildman–Crippen MR) is 92.0 cm³/mol. The molecule has 2 atom stereocenters. The van der Waals surface area contributed by atoms with Crippen molar-refractivity contribution in [3.63, 3.8) is 0 Å². The second kappa shape index (κ2) is 8.98. The Morgan fingerprint density at radius 3 is 2.17 bits per heavy atom. The van der Waals surface area contributed by atoms with Crippen molar-refractivity contribution in [1.82, 2.24) is 5.32 Å².